The van der Waals surface area contributed by atoms with Gasteiger partial charge < -0.3 is 20.2 Å². The number of hydrogen-bond acceptors (Lipinski definition) is 4. The molecule has 0 aliphatic carbocycles. The molecule has 0 bridgehead atoms. The van der Waals surface area contributed by atoms with Crippen LogP contribution in [0.1, 0.15) is 10.4 Å². The Labute approximate surface area is 102 Å². The lowest BCUT2D eigenvalue weighted by atomic mass is 10.2. The number of anilines is 1. The van der Waals surface area contributed by atoms with Crippen molar-refractivity contribution in [3.8, 4) is 0 Å². The fourth-order valence-electron chi connectivity index (χ4n) is 1.38. The Morgan fingerprint density at radius 2 is 1.33 bits per heavy atom. The third-order valence-corrected chi connectivity index (χ3v) is 2.13. The van der Waals surface area contributed by atoms with E-state index in [1.807, 2.05) is 0 Å². The number of benzene rings is 1. The molecule has 0 atom stereocenters. The highest BCUT2D eigenvalue weighted by Gasteiger charge is 2.14. The molecule has 7 nitrogen and oxygen atoms in total. The Hall–Kier alpha value is -2.57. The van der Waals surface area contributed by atoms with Gasteiger partial charge in [-0.25, -0.2) is 4.79 Å². The monoisotopic (exact) mass is 253 g/mol. The van der Waals surface area contributed by atoms with Gasteiger partial charge in [-0.2, -0.15) is 0 Å². The number of carboxylic acids is 3. The number of aliphatic carboxylic acids is 2. The van der Waals surface area contributed by atoms with Crippen molar-refractivity contribution in [2.75, 3.05) is 18.0 Å². The van der Waals surface area contributed by atoms with E-state index in [2.05, 4.69) is 0 Å². The standard InChI is InChI=1S/C11H11NO6/c13-9(14)5-12(6-10(15)16)8-3-1-7(2-4-8)11(17)18/h1-4H,5-6H2,(H,13,14)(H,15,16)(H,17,18). The van der Waals surface area contributed by atoms with Gasteiger partial charge in [-0.1, -0.05) is 0 Å². The Balaban J connectivity index is 2.93. The third-order valence-electron chi connectivity index (χ3n) is 2.13. The Morgan fingerprint density at radius 3 is 1.67 bits per heavy atom. The molecule has 0 spiro atoms. The van der Waals surface area contributed by atoms with Gasteiger partial charge >= 0.3 is 17.9 Å². The molecule has 0 heterocycles. The summed E-state index contributed by atoms with van der Waals surface area (Å²) >= 11 is 0. The summed E-state index contributed by atoms with van der Waals surface area (Å²) in [5.74, 6) is -3.44. The normalized spacial score (nSPS) is 9.78. The lowest BCUT2D eigenvalue weighted by Gasteiger charge is -2.20. The zero-order valence-corrected chi connectivity index (χ0v) is 9.24. The molecule has 3 N–H and O–H groups in total. The average Bonchev–Trinajstić information content (AvgIpc) is 2.27. The van der Waals surface area contributed by atoms with E-state index >= 15 is 0 Å². The highest BCUT2D eigenvalue weighted by atomic mass is 16.4. The molecule has 0 amide bonds. The first-order chi connectivity index (χ1) is 8.40. The van der Waals surface area contributed by atoms with E-state index in [4.69, 9.17) is 15.3 Å². The number of rotatable bonds is 6. The molecule has 0 radical (unpaired) electrons. The first-order valence-corrected chi connectivity index (χ1v) is 4.92. The largest absolute Gasteiger partial charge is 0.480 e. The van der Waals surface area contributed by atoms with Crippen molar-refractivity contribution in [3.05, 3.63) is 29.8 Å². The van der Waals surface area contributed by atoms with Gasteiger partial charge in [0, 0.05) is 5.69 Å². The summed E-state index contributed by atoms with van der Waals surface area (Å²) in [5, 5.41) is 26.0. The molecule has 7 heteroatoms. The smallest absolute Gasteiger partial charge is 0.335 e. The summed E-state index contributed by atoms with van der Waals surface area (Å²) in [4.78, 5) is 33.0. The SMILES string of the molecule is O=C(O)CN(CC(=O)O)c1ccc(C(=O)O)cc1. The average molecular weight is 253 g/mol. The van der Waals surface area contributed by atoms with Gasteiger partial charge in [-0.15, -0.1) is 0 Å². The van der Waals surface area contributed by atoms with Gasteiger partial charge in [0.25, 0.3) is 0 Å². The molecule has 0 saturated carbocycles. The fraction of sp³-hybridized carbons (Fsp3) is 0.182. The maximum absolute atomic E-state index is 10.6. The second-order valence-corrected chi connectivity index (χ2v) is 3.50. The number of carbonyl (C=O) groups is 3. The summed E-state index contributed by atoms with van der Waals surface area (Å²) in [7, 11) is 0. The van der Waals surface area contributed by atoms with Crippen molar-refractivity contribution in [3.63, 3.8) is 0 Å². The molecule has 1 rings (SSSR count). The van der Waals surface area contributed by atoms with Gasteiger partial charge in [0.2, 0.25) is 0 Å². The van der Waals surface area contributed by atoms with Crippen LogP contribution in [0.4, 0.5) is 5.69 Å². The first-order valence-electron chi connectivity index (χ1n) is 4.92. The van der Waals surface area contributed by atoms with Crippen LogP contribution in [-0.2, 0) is 9.59 Å². The van der Waals surface area contributed by atoms with E-state index in [0.717, 1.165) is 4.90 Å². The van der Waals surface area contributed by atoms with Crippen LogP contribution in [0.2, 0.25) is 0 Å². The van der Waals surface area contributed by atoms with Crippen LogP contribution < -0.4 is 4.90 Å². The van der Waals surface area contributed by atoms with Crippen molar-refractivity contribution in [2.45, 2.75) is 0 Å². The van der Waals surface area contributed by atoms with Crippen LogP contribution in [0.25, 0.3) is 0 Å². The highest BCUT2D eigenvalue weighted by Crippen LogP contribution is 2.15. The maximum Gasteiger partial charge on any atom is 0.335 e. The summed E-state index contributed by atoms with van der Waals surface area (Å²) in [6.07, 6.45) is 0. The molecule has 1 aromatic carbocycles. The third kappa shape index (κ3) is 3.78. The number of aromatic carboxylic acids is 1. The fourth-order valence-corrected chi connectivity index (χ4v) is 1.38. The van der Waals surface area contributed by atoms with Crippen molar-refractivity contribution >= 4 is 23.6 Å². The van der Waals surface area contributed by atoms with Gasteiger partial charge in [0.1, 0.15) is 13.1 Å². The van der Waals surface area contributed by atoms with E-state index in [1.165, 1.54) is 24.3 Å². The lowest BCUT2D eigenvalue weighted by molar-refractivity contribution is -0.136. The Bertz CT molecular complexity index is 451. The van der Waals surface area contributed by atoms with E-state index in [1.54, 1.807) is 0 Å². The molecule has 18 heavy (non-hydrogen) atoms. The summed E-state index contributed by atoms with van der Waals surface area (Å²) < 4.78 is 0. The van der Waals surface area contributed by atoms with Crippen LogP contribution in [0.5, 0.6) is 0 Å². The molecule has 0 unspecified atom stereocenters. The van der Waals surface area contributed by atoms with Crippen LogP contribution in [-0.4, -0.2) is 46.3 Å². The number of carboxylic acid groups (broad SMARTS) is 3. The summed E-state index contributed by atoms with van der Waals surface area (Å²) in [6, 6.07) is 5.31. The Morgan fingerprint density at radius 1 is 0.889 bits per heavy atom. The first kappa shape index (κ1) is 13.5. The van der Waals surface area contributed by atoms with Gasteiger partial charge in [0.15, 0.2) is 0 Å². The zero-order valence-electron chi connectivity index (χ0n) is 9.24. The minimum Gasteiger partial charge on any atom is -0.480 e. The molecule has 0 fully saturated rings. The van der Waals surface area contributed by atoms with Crippen molar-refractivity contribution in [1.29, 1.82) is 0 Å². The van der Waals surface area contributed by atoms with E-state index in [9.17, 15) is 14.4 Å². The molecule has 1 aromatic rings. The molecule has 96 valence electrons. The maximum atomic E-state index is 10.6. The van der Waals surface area contributed by atoms with Crippen LogP contribution >= 0.6 is 0 Å². The molecule has 0 aliphatic heterocycles. The molecule has 0 aliphatic rings. The summed E-state index contributed by atoms with van der Waals surface area (Å²) in [6.45, 7) is -0.947. The second kappa shape index (κ2) is 5.67. The van der Waals surface area contributed by atoms with Crippen molar-refractivity contribution in [2.24, 2.45) is 0 Å². The second-order valence-electron chi connectivity index (χ2n) is 3.50. The predicted molar refractivity (Wildman–Crippen MR) is 60.9 cm³/mol. The van der Waals surface area contributed by atoms with E-state index in [0.29, 0.717) is 5.69 Å². The Kier molecular flexibility index (Phi) is 4.25. The minimum absolute atomic E-state index is 0.0457. The van der Waals surface area contributed by atoms with Crippen LogP contribution in [0, 0.1) is 0 Å². The topological polar surface area (TPSA) is 115 Å². The van der Waals surface area contributed by atoms with Gasteiger partial charge in [-0.05, 0) is 24.3 Å². The van der Waals surface area contributed by atoms with E-state index in [-0.39, 0.29) is 5.56 Å². The van der Waals surface area contributed by atoms with Crippen molar-refractivity contribution < 1.29 is 29.7 Å². The van der Waals surface area contributed by atoms with Gasteiger partial charge in [-0.3, -0.25) is 9.59 Å². The van der Waals surface area contributed by atoms with Crippen LogP contribution in [0.3, 0.4) is 0 Å². The molecule has 0 saturated heterocycles. The van der Waals surface area contributed by atoms with Gasteiger partial charge in [0.05, 0.1) is 5.56 Å². The minimum atomic E-state index is -1.17. The number of nitrogens with zero attached hydrogens (tertiary/aromatic N) is 1. The lowest BCUT2D eigenvalue weighted by Crippen LogP contribution is -2.34. The quantitative estimate of drug-likeness (QED) is 0.670. The summed E-state index contributed by atoms with van der Waals surface area (Å²) in [5.41, 5.74) is 0.383. The molecule has 0 aromatic heterocycles. The highest BCUT2D eigenvalue weighted by molar-refractivity contribution is 5.88. The molecular weight excluding hydrogens is 242 g/mol. The van der Waals surface area contributed by atoms with Crippen LogP contribution in [0.15, 0.2) is 24.3 Å². The van der Waals surface area contributed by atoms with Crippen molar-refractivity contribution in [1.82, 2.24) is 0 Å². The molecular formula is C11H11NO6. The zero-order chi connectivity index (χ0) is 13.7. The number of hydrogen-bond donors (Lipinski definition) is 3. The van der Waals surface area contributed by atoms with E-state index < -0.39 is 31.0 Å². The predicted octanol–water partition coefficient (Wildman–Crippen LogP) is 0.360.